The van der Waals surface area contributed by atoms with Crippen molar-refractivity contribution in [1.82, 2.24) is 24.9 Å². The molecule has 228 valence electrons. The third-order valence-corrected chi connectivity index (χ3v) is 5.75. The topological polar surface area (TPSA) is 181 Å². The highest BCUT2D eigenvalue weighted by Crippen LogP contribution is 2.27. The Bertz CT molecular complexity index is 1480. The molecule has 1 aromatic carbocycles. The molecule has 2 aromatic heterocycles. The van der Waals surface area contributed by atoms with Crippen molar-refractivity contribution >= 4 is 39.9 Å². The molecule has 0 saturated heterocycles. The van der Waals surface area contributed by atoms with Crippen molar-refractivity contribution in [3.63, 3.8) is 0 Å². The number of carbonyl (C=O) groups is 3. The Labute approximate surface area is 247 Å². The van der Waals surface area contributed by atoms with Crippen LogP contribution in [0, 0.1) is 5.82 Å². The van der Waals surface area contributed by atoms with Crippen molar-refractivity contribution < 1.29 is 42.1 Å². The summed E-state index contributed by atoms with van der Waals surface area (Å²) < 4.78 is 40.1. The van der Waals surface area contributed by atoms with Crippen molar-refractivity contribution in [2.45, 2.75) is 65.2 Å². The fourth-order valence-electron chi connectivity index (χ4n) is 3.47. The number of amides is 2. The summed E-state index contributed by atoms with van der Waals surface area (Å²) in [6, 6.07) is 2.32. The standard InChI is InChI=1S/C25H30BrFN6O9/c1-24(2,3)39-21(35)33(22(36)40-25(4,5)6)16(20(34)38-7)10-11-28-18-17(29-42-30-18)19-31-41-23(37)32(19)13-8-9-15(27)14(26)12-13/h8-9,12,16H,10-11H2,1-7H3,(H,28,30)/t16-/m1/s1. The Hall–Kier alpha value is -4.28. The first-order valence-electron chi connectivity index (χ1n) is 12.5. The average molecular weight is 657 g/mol. The summed E-state index contributed by atoms with van der Waals surface area (Å²) >= 11 is 3.07. The number of carbonyl (C=O) groups excluding carboxylic acids is 3. The van der Waals surface area contributed by atoms with Crippen molar-refractivity contribution in [1.29, 1.82) is 0 Å². The zero-order valence-corrected chi connectivity index (χ0v) is 25.5. The molecule has 2 amide bonds. The van der Waals surface area contributed by atoms with Gasteiger partial charge in [0.05, 0.1) is 17.3 Å². The molecule has 0 unspecified atom stereocenters. The van der Waals surface area contributed by atoms with E-state index in [0.717, 1.165) is 17.7 Å². The Kier molecular flexibility index (Phi) is 9.75. The molecular formula is C25H30BrFN6O9. The summed E-state index contributed by atoms with van der Waals surface area (Å²) in [5, 5.41) is 14.1. The Morgan fingerprint density at radius 3 is 2.24 bits per heavy atom. The molecule has 15 nitrogen and oxygen atoms in total. The van der Waals surface area contributed by atoms with Gasteiger partial charge in [-0.05, 0) is 92.4 Å². The lowest BCUT2D eigenvalue weighted by Crippen LogP contribution is -2.52. The van der Waals surface area contributed by atoms with Gasteiger partial charge in [0.2, 0.25) is 11.6 Å². The SMILES string of the molecule is COC(=O)[C@@H](CCNc1nonc1-c1noc(=O)n1-c1ccc(F)c(Br)c1)N(C(=O)OC(C)(C)C)C(=O)OC(C)(C)C. The zero-order valence-electron chi connectivity index (χ0n) is 23.9. The Morgan fingerprint density at radius 2 is 1.69 bits per heavy atom. The molecule has 3 rings (SSSR count). The first-order chi connectivity index (χ1) is 19.5. The Balaban J connectivity index is 1.89. The number of nitrogens with one attached hydrogen (secondary N) is 1. The molecule has 2 heterocycles. The summed E-state index contributed by atoms with van der Waals surface area (Å²) in [7, 11) is 1.10. The van der Waals surface area contributed by atoms with Crippen LogP contribution < -0.4 is 11.1 Å². The number of esters is 1. The smallest absolute Gasteiger partial charge is 0.446 e. The van der Waals surface area contributed by atoms with Crippen LogP contribution in [-0.2, 0) is 19.0 Å². The molecule has 0 saturated carbocycles. The number of nitrogens with zero attached hydrogens (tertiary/aromatic N) is 5. The monoisotopic (exact) mass is 656 g/mol. The van der Waals surface area contributed by atoms with Gasteiger partial charge in [-0.3, -0.25) is 4.52 Å². The number of benzene rings is 1. The number of anilines is 1. The quantitative estimate of drug-likeness (QED) is 0.268. The highest BCUT2D eigenvalue weighted by Gasteiger charge is 2.41. The fourth-order valence-corrected chi connectivity index (χ4v) is 3.84. The molecule has 0 aliphatic rings. The van der Waals surface area contributed by atoms with Gasteiger partial charge < -0.3 is 19.5 Å². The van der Waals surface area contributed by atoms with Crippen LogP contribution in [-0.4, -0.2) is 74.0 Å². The number of aromatic nitrogens is 4. The van der Waals surface area contributed by atoms with E-state index in [-0.39, 0.29) is 40.5 Å². The van der Waals surface area contributed by atoms with Crippen LogP contribution in [0.5, 0.6) is 0 Å². The van der Waals surface area contributed by atoms with E-state index in [1.807, 2.05) is 0 Å². The lowest BCUT2D eigenvalue weighted by atomic mass is 10.1. The van der Waals surface area contributed by atoms with E-state index in [2.05, 4.69) is 36.7 Å². The normalized spacial score (nSPS) is 12.4. The summed E-state index contributed by atoms with van der Waals surface area (Å²) in [5.74, 6) is -2.52. The molecule has 42 heavy (non-hydrogen) atoms. The van der Waals surface area contributed by atoms with Gasteiger partial charge in [0, 0.05) is 6.54 Å². The predicted molar refractivity (Wildman–Crippen MR) is 146 cm³/mol. The first-order valence-corrected chi connectivity index (χ1v) is 13.3. The van der Waals surface area contributed by atoms with Crippen LogP contribution in [0.15, 0.2) is 36.6 Å². The summed E-state index contributed by atoms with van der Waals surface area (Å²) in [5.41, 5.74) is -1.85. The first kappa shape index (κ1) is 32.2. The molecule has 1 N–H and O–H groups in total. The molecule has 0 spiro atoms. The van der Waals surface area contributed by atoms with E-state index in [1.165, 1.54) is 12.1 Å². The zero-order chi connectivity index (χ0) is 31.4. The van der Waals surface area contributed by atoms with Crippen molar-refractivity contribution in [3.05, 3.63) is 39.0 Å². The predicted octanol–water partition coefficient (Wildman–Crippen LogP) is 4.29. The minimum Gasteiger partial charge on any atom is -0.467 e. The number of hydrogen-bond donors (Lipinski definition) is 1. The maximum atomic E-state index is 13.8. The number of halogens is 2. The van der Waals surface area contributed by atoms with Gasteiger partial charge >= 0.3 is 23.9 Å². The molecule has 0 radical (unpaired) electrons. The number of imide groups is 1. The lowest BCUT2D eigenvalue weighted by molar-refractivity contribution is -0.146. The van der Waals surface area contributed by atoms with Gasteiger partial charge in [0.25, 0.3) is 0 Å². The van der Waals surface area contributed by atoms with Crippen LogP contribution in [0.1, 0.15) is 48.0 Å². The lowest BCUT2D eigenvalue weighted by Gasteiger charge is -2.32. The second kappa shape index (κ2) is 12.7. The third-order valence-electron chi connectivity index (χ3n) is 5.14. The minimum absolute atomic E-state index is 0.0251. The molecule has 0 bridgehead atoms. The highest BCUT2D eigenvalue weighted by atomic mass is 79.9. The molecular weight excluding hydrogens is 627 g/mol. The van der Waals surface area contributed by atoms with Crippen LogP contribution in [0.3, 0.4) is 0 Å². The van der Waals surface area contributed by atoms with Crippen LogP contribution in [0.4, 0.5) is 19.8 Å². The molecule has 3 aromatic rings. The van der Waals surface area contributed by atoms with Gasteiger partial charge in [-0.25, -0.2) is 32.8 Å². The molecule has 1 atom stereocenters. The number of ether oxygens (including phenoxy) is 3. The van der Waals surface area contributed by atoms with E-state index in [1.54, 1.807) is 41.5 Å². The van der Waals surface area contributed by atoms with E-state index in [9.17, 15) is 23.6 Å². The highest BCUT2D eigenvalue weighted by molar-refractivity contribution is 9.10. The summed E-state index contributed by atoms with van der Waals surface area (Å²) in [6.45, 7) is 9.48. The second-order valence-electron chi connectivity index (χ2n) is 10.8. The number of methoxy groups -OCH3 is 1. The average Bonchev–Trinajstić information content (AvgIpc) is 3.48. The van der Waals surface area contributed by atoms with E-state index >= 15 is 0 Å². The van der Waals surface area contributed by atoms with Gasteiger partial charge in [-0.15, -0.1) is 0 Å². The minimum atomic E-state index is -1.47. The van der Waals surface area contributed by atoms with Gasteiger partial charge in [0.1, 0.15) is 23.1 Å². The van der Waals surface area contributed by atoms with E-state index in [0.29, 0.717) is 4.90 Å². The largest absolute Gasteiger partial charge is 0.467 e. The van der Waals surface area contributed by atoms with Gasteiger partial charge in [-0.1, -0.05) is 5.16 Å². The summed E-state index contributed by atoms with van der Waals surface area (Å²) in [4.78, 5) is 51.9. The summed E-state index contributed by atoms with van der Waals surface area (Å²) in [6.07, 6.45) is -2.44. The Morgan fingerprint density at radius 1 is 1.07 bits per heavy atom. The fraction of sp³-hybridized carbons (Fsp3) is 0.480. The van der Waals surface area contributed by atoms with Crippen LogP contribution in [0.2, 0.25) is 0 Å². The van der Waals surface area contributed by atoms with Crippen LogP contribution in [0.25, 0.3) is 17.2 Å². The maximum absolute atomic E-state index is 13.8. The number of rotatable bonds is 8. The van der Waals surface area contributed by atoms with Crippen LogP contribution >= 0.6 is 15.9 Å². The van der Waals surface area contributed by atoms with Crippen molar-refractivity contribution in [3.8, 4) is 17.2 Å². The second-order valence-corrected chi connectivity index (χ2v) is 11.6. The maximum Gasteiger partial charge on any atom is 0.446 e. The molecule has 0 aliphatic heterocycles. The van der Waals surface area contributed by atoms with E-state index < -0.39 is 47.0 Å². The van der Waals surface area contributed by atoms with Gasteiger partial charge in [0.15, 0.2) is 5.69 Å². The number of hydrogen-bond acceptors (Lipinski definition) is 13. The van der Waals surface area contributed by atoms with Crippen molar-refractivity contribution in [2.24, 2.45) is 0 Å². The third kappa shape index (κ3) is 7.92. The molecule has 0 fully saturated rings. The molecule has 17 heteroatoms. The van der Waals surface area contributed by atoms with E-state index in [4.69, 9.17) is 23.4 Å². The molecule has 0 aliphatic carbocycles. The van der Waals surface area contributed by atoms with Gasteiger partial charge in [-0.2, -0.15) is 4.90 Å². The van der Waals surface area contributed by atoms with Crippen molar-refractivity contribution in [2.75, 3.05) is 19.0 Å².